The van der Waals surface area contributed by atoms with Crippen LogP contribution in [0.3, 0.4) is 0 Å². The fourth-order valence-corrected chi connectivity index (χ4v) is 3.81. The van der Waals surface area contributed by atoms with Crippen LogP contribution >= 0.6 is 11.6 Å². The number of piperidine rings is 1. The lowest BCUT2D eigenvalue weighted by Crippen LogP contribution is -2.37. The van der Waals surface area contributed by atoms with Crippen LogP contribution in [-0.2, 0) is 12.7 Å². The van der Waals surface area contributed by atoms with Crippen molar-refractivity contribution in [3.05, 3.63) is 40.7 Å². The molecule has 0 unspecified atom stereocenters. The van der Waals surface area contributed by atoms with Gasteiger partial charge in [-0.3, -0.25) is 9.58 Å². The molecule has 1 aromatic heterocycles. The van der Waals surface area contributed by atoms with Crippen molar-refractivity contribution >= 4 is 11.6 Å². The molecule has 1 aromatic carbocycles. The van der Waals surface area contributed by atoms with E-state index in [9.17, 15) is 22.0 Å². The molecule has 2 aromatic rings. The minimum atomic E-state index is -4.47. The fourth-order valence-electron chi connectivity index (χ4n) is 3.53. The molecule has 29 heavy (non-hydrogen) atoms. The average molecular weight is 440 g/mol. The lowest BCUT2D eigenvalue weighted by atomic mass is 10.0. The molecule has 5 nitrogen and oxygen atoms in total. The van der Waals surface area contributed by atoms with Crippen LogP contribution in [0, 0.1) is 0 Å². The molecule has 0 amide bonds. The Labute approximate surface area is 168 Å². The standard InChI is InChI=1S/C18H19ClF5N3O2/c1-28-14-8-11(7-13(19)16(14)29-17(20)21)9-26-6-2-3-12(10-26)27-15(4-5-25-27)18(22,23)24/h4-5,7-8,12,17H,2-3,6,9-10H2,1H3/t12-/m1/s1. The van der Waals surface area contributed by atoms with E-state index in [1.165, 1.54) is 19.2 Å². The quantitative estimate of drug-likeness (QED) is 0.594. The lowest BCUT2D eigenvalue weighted by molar-refractivity contribution is -0.145. The van der Waals surface area contributed by atoms with Gasteiger partial charge in [0.1, 0.15) is 5.69 Å². The van der Waals surface area contributed by atoms with Crippen molar-refractivity contribution in [3.8, 4) is 11.5 Å². The lowest BCUT2D eigenvalue weighted by Gasteiger charge is -2.33. The van der Waals surface area contributed by atoms with E-state index in [-0.39, 0.29) is 16.5 Å². The van der Waals surface area contributed by atoms with Gasteiger partial charge in [-0.1, -0.05) is 11.6 Å². The second kappa shape index (κ2) is 8.74. The number of hydrogen-bond donors (Lipinski definition) is 0. The Morgan fingerprint density at radius 1 is 1.31 bits per heavy atom. The molecule has 0 N–H and O–H groups in total. The Balaban J connectivity index is 1.76. The summed E-state index contributed by atoms with van der Waals surface area (Å²) in [6.07, 6.45) is -2.06. The maximum Gasteiger partial charge on any atom is 0.433 e. The molecular weight excluding hydrogens is 421 g/mol. The van der Waals surface area contributed by atoms with Crippen LogP contribution in [-0.4, -0.2) is 41.5 Å². The maximum atomic E-state index is 13.2. The van der Waals surface area contributed by atoms with Gasteiger partial charge >= 0.3 is 12.8 Å². The minimum absolute atomic E-state index is 0.0281. The number of aromatic nitrogens is 2. The van der Waals surface area contributed by atoms with Gasteiger partial charge in [0, 0.05) is 19.3 Å². The third-order valence-corrected chi connectivity index (χ3v) is 4.97. The van der Waals surface area contributed by atoms with E-state index < -0.39 is 24.5 Å². The van der Waals surface area contributed by atoms with E-state index in [2.05, 4.69) is 9.84 Å². The maximum absolute atomic E-state index is 13.2. The molecule has 1 aliphatic heterocycles. The summed E-state index contributed by atoms with van der Waals surface area (Å²) in [5, 5.41) is 3.84. The second-order valence-electron chi connectivity index (χ2n) is 6.68. The van der Waals surface area contributed by atoms with Gasteiger partial charge in [0.05, 0.1) is 18.2 Å². The molecule has 0 saturated carbocycles. The Morgan fingerprint density at radius 3 is 2.72 bits per heavy atom. The molecule has 0 aliphatic carbocycles. The van der Waals surface area contributed by atoms with Crippen LogP contribution < -0.4 is 9.47 Å². The van der Waals surface area contributed by atoms with Crippen molar-refractivity contribution < 1.29 is 31.4 Å². The van der Waals surface area contributed by atoms with Crippen LogP contribution in [0.1, 0.15) is 30.1 Å². The molecule has 160 valence electrons. The summed E-state index contributed by atoms with van der Waals surface area (Å²) in [7, 11) is 1.31. The minimum Gasteiger partial charge on any atom is -0.493 e. The van der Waals surface area contributed by atoms with E-state index in [4.69, 9.17) is 16.3 Å². The van der Waals surface area contributed by atoms with Gasteiger partial charge in [0.25, 0.3) is 0 Å². The third-order valence-electron chi connectivity index (χ3n) is 4.69. The number of ether oxygens (including phenoxy) is 2. The summed E-state index contributed by atoms with van der Waals surface area (Å²) in [6.45, 7) is -1.65. The van der Waals surface area contributed by atoms with Crippen molar-refractivity contribution in [1.29, 1.82) is 0 Å². The summed E-state index contributed by atoms with van der Waals surface area (Å²) in [5.41, 5.74) is -0.104. The number of likely N-dealkylation sites (tertiary alicyclic amines) is 1. The summed E-state index contributed by atoms with van der Waals surface area (Å²) in [5.74, 6) is -0.191. The smallest absolute Gasteiger partial charge is 0.433 e. The zero-order valence-electron chi connectivity index (χ0n) is 15.4. The summed E-state index contributed by atoms with van der Waals surface area (Å²) in [4.78, 5) is 1.97. The summed E-state index contributed by atoms with van der Waals surface area (Å²) in [6, 6.07) is 3.56. The van der Waals surface area contributed by atoms with E-state index in [0.29, 0.717) is 38.0 Å². The highest BCUT2D eigenvalue weighted by Gasteiger charge is 2.37. The normalized spacial score (nSPS) is 18.3. The molecule has 2 heterocycles. The van der Waals surface area contributed by atoms with Gasteiger partial charge < -0.3 is 9.47 Å². The topological polar surface area (TPSA) is 39.5 Å². The van der Waals surface area contributed by atoms with Crippen molar-refractivity contribution in [2.45, 2.75) is 38.2 Å². The molecule has 1 aliphatic rings. The first-order chi connectivity index (χ1) is 13.7. The van der Waals surface area contributed by atoms with Crippen molar-refractivity contribution in [2.24, 2.45) is 0 Å². The molecule has 0 radical (unpaired) electrons. The predicted molar refractivity (Wildman–Crippen MR) is 95.4 cm³/mol. The number of rotatable bonds is 6. The Hall–Kier alpha value is -2.07. The predicted octanol–water partition coefficient (Wildman–Crippen LogP) is 5.00. The van der Waals surface area contributed by atoms with Crippen LogP contribution in [0.5, 0.6) is 11.5 Å². The van der Waals surface area contributed by atoms with Crippen molar-refractivity contribution in [3.63, 3.8) is 0 Å². The molecule has 1 fully saturated rings. The fraction of sp³-hybridized carbons (Fsp3) is 0.500. The van der Waals surface area contributed by atoms with Crippen LogP contribution in [0.25, 0.3) is 0 Å². The molecule has 11 heteroatoms. The van der Waals surface area contributed by atoms with Gasteiger partial charge in [-0.15, -0.1) is 0 Å². The summed E-state index contributed by atoms with van der Waals surface area (Å²) >= 11 is 6.06. The Morgan fingerprint density at radius 2 is 2.07 bits per heavy atom. The van der Waals surface area contributed by atoms with E-state index in [1.54, 1.807) is 0 Å². The number of nitrogens with zero attached hydrogens (tertiary/aromatic N) is 3. The first kappa shape index (κ1) is 21.6. The van der Waals surface area contributed by atoms with E-state index in [0.717, 1.165) is 16.9 Å². The number of alkyl halides is 5. The number of methoxy groups -OCH3 is 1. The van der Waals surface area contributed by atoms with E-state index >= 15 is 0 Å². The molecular formula is C18H19ClF5N3O2. The molecule has 1 atom stereocenters. The van der Waals surface area contributed by atoms with Gasteiger partial charge in [-0.05, 0) is 43.1 Å². The number of benzene rings is 1. The number of hydrogen-bond acceptors (Lipinski definition) is 4. The largest absolute Gasteiger partial charge is 0.493 e. The zero-order chi connectivity index (χ0) is 21.2. The Kier molecular flexibility index (Phi) is 6.52. The SMILES string of the molecule is COc1cc(CN2CCC[C@@H](n3nccc3C(F)(F)F)C2)cc(Cl)c1OC(F)F. The van der Waals surface area contributed by atoms with Crippen LogP contribution in [0.15, 0.2) is 24.4 Å². The molecule has 3 rings (SSSR count). The van der Waals surface area contributed by atoms with Crippen LogP contribution in [0.2, 0.25) is 5.02 Å². The van der Waals surface area contributed by atoms with Gasteiger partial charge in [0.2, 0.25) is 0 Å². The monoisotopic (exact) mass is 439 g/mol. The van der Waals surface area contributed by atoms with Crippen molar-refractivity contribution in [1.82, 2.24) is 14.7 Å². The van der Waals surface area contributed by atoms with Crippen LogP contribution in [0.4, 0.5) is 22.0 Å². The first-order valence-corrected chi connectivity index (χ1v) is 9.21. The Bertz CT molecular complexity index is 843. The van der Waals surface area contributed by atoms with Gasteiger partial charge in [-0.25, -0.2) is 0 Å². The average Bonchev–Trinajstić information content (AvgIpc) is 3.14. The zero-order valence-corrected chi connectivity index (χ0v) is 16.2. The first-order valence-electron chi connectivity index (χ1n) is 8.83. The summed E-state index contributed by atoms with van der Waals surface area (Å²) < 4.78 is 75.1. The second-order valence-corrected chi connectivity index (χ2v) is 7.08. The highest BCUT2D eigenvalue weighted by Crippen LogP contribution is 2.38. The van der Waals surface area contributed by atoms with Gasteiger partial charge in [0.15, 0.2) is 11.5 Å². The molecule has 0 bridgehead atoms. The molecule has 1 saturated heterocycles. The van der Waals surface area contributed by atoms with Crippen molar-refractivity contribution in [2.75, 3.05) is 20.2 Å². The highest BCUT2D eigenvalue weighted by molar-refractivity contribution is 6.32. The third kappa shape index (κ3) is 5.11. The molecule has 0 spiro atoms. The highest BCUT2D eigenvalue weighted by atomic mass is 35.5. The van der Waals surface area contributed by atoms with Gasteiger partial charge in [-0.2, -0.15) is 27.1 Å². The van der Waals surface area contributed by atoms with E-state index in [1.807, 2.05) is 4.90 Å². The number of halogens is 6.